The van der Waals surface area contributed by atoms with Gasteiger partial charge in [0.25, 0.3) is 5.56 Å². The predicted octanol–water partition coefficient (Wildman–Crippen LogP) is 2.87. The molecule has 136 valence electrons. The number of ether oxygens (including phenoxy) is 2. The van der Waals surface area contributed by atoms with Gasteiger partial charge in [-0.15, -0.1) is 0 Å². The minimum atomic E-state index is -0.868. The van der Waals surface area contributed by atoms with Crippen LogP contribution in [0.25, 0.3) is 10.9 Å². The zero-order valence-electron chi connectivity index (χ0n) is 14.8. The highest BCUT2D eigenvalue weighted by Gasteiger charge is 2.21. The number of nitriles is 1. The number of carbonyl (C=O) groups excluding carboxylic acids is 1. The van der Waals surface area contributed by atoms with Gasteiger partial charge in [0.05, 0.1) is 22.5 Å². The zero-order valence-corrected chi connectivity index (χ0v) is 14.8. The number of aromatic amines is 1. The summed E-state index contributed by atoms with van der Waals surface area (Å²) in [4.78, 5) is 31.4. The van der Waals surface area contributed by atoms with Crippen molar-refractivity contribution in [2.45, 2.75) is 26.1 Å². The van der Waals surface area contributed by atoms with Crippen LogP contribution >= 0.6 is 0 Å². The van der Waals surface area contributed by atoms with Crippen molar-refractivity contribution in [2.75, 3.05) is 0 Å². The third-order valence-corrected chi connectivity index (χ3v) is 3.94. The molecule has 0 spiro atoms. The van der Waals surface area contributed by atoms with Crippen molar-refractivity contribution in [3.63, 3.8) is 0 Å². The van der Waals surface area contributed by atoms with Crippen LogP contribution in [0.2, 0.25) is 0 Å². The van der Waals surface area contributed by atoms with Crippen LogP contribution in [0, 0.1) is 11.3 Å². The molecule has 1 aromatic heterocycles. The van der Waals surface area contributed by atoms with E-state index in [1.54, 1.807) is 62.4 Å². The summed E-state index contributed by atoms with van der Waals surface area (Å²) in [5.41, 5.74) is 0.735. The Hall–Kier alpha value is -3.66. The van der Waals surface area contributed by atoms with Gasteiger partial charge in [-0.2, -0.15) is 5.26 Å². The predicted molar refractivity (Wildman–Crippen MR) is 98.1 cm³/mol. The van der Waals surface area contributed by atoms with Crippen LogP contribution in [0.5, 0.6) is 5.75 Å². The van der Waals surface area contributed by atoms with Gasteiger partial charge in [0.1, 0.15) is 5.75 Å². The molecule has 0 saturated carbocycles. The van der Waals surface area contributed by atoms with E-state index >= 15 is 0 Å². The SMILES string of the molecule is CC(Oc1ccc(C#N)cc1)C(=O)OC(C)c1nc2ccccc2c(=O)[nH]1. The summed E-state index contributed by atoms with van der Waals surface area (Å²) >= 11 is 0. The maximum Gasteiger partial charge on any atom is 0.347 e. The Balaban J connectivity index is 1.69. The van der Waals surface area contributed by atoms with Gasteiger partial charge in [0, 0.05) is 0 Å². The molecule has 0 saturated heterocycles. The van der Waals surface area contributed by atoms with Crippen LogP contribution in [0.15, 0.2) is 53.3 Å². The average Bonchev–Trinajstić information content (AvgIpc) is 2.68. The van der Waals surface area contributed by atoms with Crippen molar-refractivity contribution in [3.8, 4) is 11.8 Å². The second-order valence-corrected chi connectivity index (χ2v) is 5.94. The highest BCUT2D eigenvalue weighted by Crippen LogP contribution is 2.18. The van der Waals surface area contributed by atoms with Crippen LogP contribution in [0.4, 0.5) is 0 Å². The Morgan fingerprint density at radius 2 is 1.85 bits per heavy atom. The number of nitrogens with zero attached hydrogens (tertiary/aromatic N) is 2. The molecule has 0 aliphatic rings. The van der Waals surface area contributed by atoms with Gasteiger partial charge in [-0.3, -0.25) is 4.79 Å². The molecule has 3 rings (SSSR count). The lowest BCUT2D eigenvalue weighted by Gasteiger charge is -2.17. The summed E-state index contributed by atoms with van der Waals surface area (Å²) in [6, 6.07) is 15.3. The monoisotopic (exact) mass is 363 g/mol. The molecule has 2 atom stereocenters. The van der Waals surface area contributed by atoms with E-state index in [1.807, 2.05) is 6.07 Å². The van der Waals surface area contributed by atoms with Crippen LogP contribution in [0.1, 0.15) is 31.3 Å². The zero-order chi connectivity index (χ0) is 19.4. The summed E-state index contributed by atoms with van der Waals surface area (Å²) in [6.45, 7) is 3.18. The van der Waals surface area contributed by atoms with E-state index in [2.05, 4.69) is 9.97 Å². The average molecular weight is 363 g/mol. The number of H-pyrrole nitrogens is 1. The van der Waals surface area contributed by atoms with Gasteiger partial charge >= 0.3 is 5.97 Å². The second-order valence-electron chi connectivity index (χ2n) is 5.94. The number of carbonyl (C=O) groups is 1. The number of hydrogen-bond acceptors (Lipinski definition) is 6. The Labute approximate surface area is 155 Å². The Morgan fingerprint density at radius 3 is 2.56 bits per heavy atom. The molecule has 2 unspecified atom stereocenters. The van der Waals surface area contributed by atoms with Crippen molar-refractivity contribution in [1.82, 2.24) is 9.97 Å². The summed E-state index contributed by atoms with van der Waals surface area (Å²) in [5, 5.41) is 9.27. The molecule has 2 aromatic carbocycles. The molecular formula is C20H17N3O4. The Morgan fingerprint density at radius 1 is 1.15 bits per heavy atom. The third kappa shape index (κ3) is 4.12. The largest absolute Gasteiger partial charge is 0.479 e. The van der Waals surface area contributed by atoms with Crippen molar-refractivity contribution in [3.05, 3.63) is 70.3 Å². The third-order valence-electron chi connectivity index (χ3n) is 3.94. The first kappa shape index (κ1) is 18.1. The molecule has 0 fully saturated rings. The minimum Gasteiger partial charge on any atom is -0.479 e. The molecule has 1 N–H and O–H groups in total. The Bertz CT molecular complexity index is 1070. The van der Waals surface area contributed by atoms with Crippen molar-refractivity contribution in [1.29, 1.82) is 5.26 Å². The van der Waals surface area contributed by atoms with E-state index in [0.29, 0.717) is 22.2 Å². The summed E-state index contributed by atoms with van der Waals surface area (Å²) in [6.07, 6.45) is -1.62. The number of benzene rings is 2. The number of esters is 1. The lowest BCUT2D eigenvalue weighted by molar-refractivity contribution is -0.156. The fourth-order valence-corrected chi connectivity index (χ4v) is 2.48. The van der Waals surface area contributed by atoms with Gasteiger partial charge in [-0.25, -0.2) is 9.78 Å². The number of nitrogens with one attached hydrogen (secondary N) is 1. The lowest BCUT2D eigenvalue weighted by atomic mass is 10.2. The summed E-state index contributed by atoms with van der Waals surface area (Å²) in [5.74, 6) is 0.114. The summed E-state index contributed by atoms with van der Waals surface area (Å²) < 4.78 is 10.9. The molecule has 3 aromatic rings. The normalized spacial score (nSPS) is 12.8. The molecule has 0 aliphatic heterocycles. The number of fused-ring (bicyclic) bond motifs is 1. The topological polar surface area (TPSA) is 105 Å². The molecule has 7 nitrogen and oxygen atoms in total. The highest BCUT2D eigenvalue weighted by atomic mass is 16.6. The highest BCUT2D eigenvalue weighted by molar-refractivity contribution is 5.77. The van der Waals surface area contributed by atoms with Crippen LogP contribution < -0.4 is 10.3 Å². The van der Waals surface area contributed by atoms with E-state index in [4.69, 9.17) is 14.7 Å². The smallest absolute Gasteiger partial charge is 0.347 e. The van der Waals surface area contributed by atoms with Gasteiger partial charge in [-0.1, -0.05) is 12.1 Å². The quantitative estimate of drug-likeness (QED) is 0.699. The van der Waals surface area contributed by atoms with E-state index in [-0.39, 0.29) is 11.4 Å². The van der Waals surface area contributed by atoms with Crippen molar-refractivity contribution in [2.24, 2.45) is 0 Å². The molecule has 0 aliphatic carbocycles. The van der Waals surface area contributed by atoms with Gasteiger partial charge in [-0.05, 0) is 50.2 Å². The standard InChI is InChI=1S/C20H17N3O4/c1-12(18-22-17-6-4-3-5-16(17)19(24)23-18)27-20(25)13(2)26-15-9-7-14(11-21)8-10-15/h3-10,12-13H,1-2H3,(H,22,23,24). The first-order valence-corrected chi connectivity index (χ1v) is 8.34. The second kappa shape index (κ2) is 7.70. The molecular weight excluding hydrogens is 346 g/mol. The van der Waals surface area contributed by atoms with Crippen molar-refractivity contribution >= 4 is 16.9 Å². The van der Waals surface area contributed by atoms with Crippen LogP contribution in [-0.2, 0) is 9.53 Å². The first-order valence-electron chi connectivity index (χ1n) is 8.34. The molecule has 0 amide bonds. The van der Waals surface area contributed by atoms with E-state index in [9.17, 15) is 9.59 Å². The molecule has 27 heavy (non-hydrogen) atoms. The fraction of sp³-hybridized carbons (Fsp3) is 0.200. The van der Waals surface area contributed by atoms with E-state index < -0.39 is 18.2 Å². The maximum absolute atomic E-state index is 12.3. The van der Waals surface area contributed by atoms with Crippen molar-refractivity contribution < 1.29 is 14.3 Å². The molecule has 0 bridgehead atoms. The molecule has 0 radical (unpaired) electrons. The molecule has 1 heterocycles. The van der Waals surface area contributed by atoms with E-state index in [1.165, 1.54) is 0 Å². The number of para-hydroxylation sites is 1. The fourth-order valence-electron chi connectivity index (χ4n) is 2.48. The maximum atomic E-state index is 12.3. The first-order chi connectivity index (χ1) is 13.0. The lowest BCUT2D eigenvalue weighted by Crippen LogP contribution is -2.28. The molecule has 7 heteroatoms. The van der Waals surface area contributed by atoms with Crippen LogP contribution in [-0.4, -0.2) is 22.0 Å². The van der Waals surface area contributed by atoms with Crippen LogP contribution in [0.3, 0.4) is 0 Å². The Kier molecular flexibility index (Phi) is 5.18. The van der Waals surface area contributed by atoms with Gasteiger partial charge in [0.2, 0.25) is 0 Å². The number of aromatic nitrogens is 2. The van der Waals surface area contributed by atoms with Gasteiger partial charge < -0.3 is 14.5 Å². The van der Waals surface area contributed by atoms with E-state index in [0.717, 1.165) is 0 Å². The minimum absolute atomic E-state index is 0.262. The van der Waals surface area contributed by atoms with Gasteiger partial charge in [0.15, 0.2) is 18.0 Å². The summed E-state index contributed by atoms with van der Waals surface area (Å²) in [7, 11) is 0. The number of rotatable bonds is 5. The number of hydrogen-bond donors (Lipinski definition) is 1.